The summed E-state index contributed by atoms with van der Waals surface area (Å²) < 4.78 is 10.5. The van der Waals surface area contributed by atoms with Gasteiger partial charge in [0.25, 0.3) is 5.91 Å². The molecule has 2 N–H and O–H groups in total. The highest BCUT2D eigenvalue weighted by Gasteiger charge is 2.17. The number of halogens is 1. The quantitative estimate of drug-likeness (QED) is 0.859. The average Bonchev–Trinajstić information content (AvgIpc) is 3.07. The smallest absolute Gasteiger partial charge is 0.251 e. The Morgan fingerprint density at radius 2 is 1.96 bits per heavy atom. The lowest BCUT2D eigenvalue weighted by atomic mass is 10.2. The Bertz CT molecular complexity index is 809. The third kappa shape index (κ3) is 4.22. The zero-order valence-electron chi connectivity index (χ0n) is 13.5. The molecule has 25 heavy (non-hydrogen) atoms. The van der Waals surface area contributed by atoms with Crippen molar-refractivity contribution in [2.24, 2.45) is 0 Å². The lowest BCUT2D eigenvalue weighted by molar-refractivity contribution is -0.122. The fraction of sp³-hybridized carbons (Fsp3) is 0.222. The molecule has 0 unspecified atom stereocenters. The number of amides is 2. The lowest BCUT2D eigenvalue weighted by Crippen LogP contribution is -2.44. The molecule has 0 aliphatic carbocycles. The third-order valence-corrected chi connectivity index (χ3v) is 3.97. The summed E-state index contributed by atoms with van der Waals surface area (Å²) in [6.07, 6.45) is 0. The maximum atomic E-state index is 12.2. The number of rotatable bonds is 5. The number of hydrogen-bond donors (Lipinski definition) is 2. The van der Waals surface area contributed by atoms with Gasteiger partial charge in [-0.05, 0) is 42.8 Å². The van der Waals surface area contributed by atoms with Crippen LogP contribution in [0.5, 0.6) is 11.5 Å². The van der Waals surface area contributed by atoms with Crippen LogP contribution in [0, 0.1) is 0 Å². The van der Waals surface area contributed by atoms with Crippen molar-refractivity contribution >= 4 is 23.4 Å². The van der Waals surface area contributed by atoms with Crippen LogP contribution in [0.15, 0.2) is 42.5 Å². The molecular weight excluding hydrogens is 344 g/mol. The van der Waals surface area contributed by atoms with Gasteiger partial charge in [-0.1, -0.05) is 23.7 Å². The van der Waals surface area contributed by atoms with Crippen LogP contribution in [0.2, 0.25) is 5.02 Å². The van der Waals surface area contributed by atoms with Crippen molar-refractivity contribution in [3.63, 3.8) is 0 Å². The molecule has 0 bridgehead atoms. The van der Waals surface area contributed by atoms with Gasteiger partial charge in [0.05, 0.1) is 0 Å². The van der Waals surface area contributed by atoms with Crippen molar-refractivity contribution < 1.29 is 19.1 Å². The first-order chi connectivity index (χ1) is 12.0. The highest BCUT2D eigenvalue weighted by molar-refractivity contribution is 6.31. The minimum atomic E-state index is -0.680. The van der Waals surface area contributed by atoms with Gasteiger partial charge >= 0.3 is 0 Å². The van der Waals surface area contributed by atoms with E-state index in [9.17, 15) is 9.59 Å². The molecule has 2 aromatic rings. The summed E-state index contributed by atoms with van der Waals surface area (Å²) in [5.41, 5.74) is 1.29. The highest BCUT2D eigenvalue weighted by atomic mass is 35.5. The Morgan fingerprint density at radius 3 is 2.76 bits per heavy atom. The van der Waals surface area contributed by atoms with E-state index in [2.05, 4.69) is 10.6 Å². The molecule has 0 fully saturated rings. The molecule has 0 saturated heterocycles. The van der Waals surface area contributed by atoms with Crippen molar-refractivity contribution in [3.05, 3.63) is 58.6 Å². The Labute approximate surface area is 150 Å². The number of ether oxygens (including phenoxy) is 2. The predicted octanol–water partition coefficient (Wildman–Crippen LogP) is 2.50. The first kappa shape index (κ1) is 17.1. The van der Waals surface area contributed by atoms with Crippen molar-refractivity contribution in [1.82, 2.24) is 10.6 Å². The fourth-order valence-corrected chi connectivity index (χ4v) is 2.56. The van der Waals surface area contributed by atoms with Gasteiger partial charge in [-0.25, -0.2) is 0 Å². The first-order valence-corrected chi connectivity index (χ1v) is 8.13. The second-order valence-corrected chi connectivity index (χ2v) is 6.05. The molecule has 6 nitrogen and oxygen atoms in total. The summed E-state index contributed by atoms with van der Waals surface area (Å²) in [5.74, 6) is 0.715. The van der Waals surface area contributed by atoms with Crippen LogP contribution in [-0.2, 0) is 11.3 Å². The summed E-state index contributed by atoms with van der Waals surface area (Å²) in [5, 5.41) is 5.89. The van der Waals surface area contributed by atoms with Crippen molar-refractivity contribution in [1.29, 1.82) is 0 Å². The normalized spacial score (nSPS) is 13.2. The molecule has 130 valence electrons. The zero-order chi connectivity index (χ0) is 17.8. The van der Waals surface area contributed by atoms with E-state index >= 15 is 0 Å². The van der Waals surface area contributed by atoms with E-state index in [1.807, 2.05) is 12.1 Å². The standard InChI is InChI=1S/C18H17ClN2O4/c1-11(21-18(23)13-3-2-4-14(19)8-13)17(22)20-9-12-5-6-15-16(7-12)25-10-24-15/h2-8,11H,9-10H2,1H3,(H,20,22)(H,21,23)/t11-/m1/s1. The molecule has 1 aliphatic rings. The maximum absolute atomic E-state index is 12.2. The number of hydrogen-bond acceptors (Lipinski definition) is 4. The second-order valence-electron chi connectivity index (χ2n) is 5.61. The van der Waals surface area contributed by atoms with Crippen LogP contribution in [-0.4, -0.2) is 24.6 Å². The number of nitrogens with one attached hydrogen (secondary N) is 2. The van der Waals surface area contributed by atoms with Crippen LogP contribution >= 0.6 is 11.6 Å². The monoisotopic (exact) mass is 360 g/mol. The first-order valence-electron chi connectivity index (χ1n) is 7.75. The topological polar surface area (TPSA) is 76.7 Å². The van der Waals surface area contributed by atoms with Gasteiger partial charge in [-0.3, -0.25) is 9.59 Å². The van der Waals surface area contributed by atoms with Gasteiger partial charge in [0, 0.05) is 17.1 Å². The number of fused-ring (bicyclic) bond motifs is 1. The molecule has 1 aliphatic heterocycles. The molecule has 1 atom stereocenters. The Morgan fingerprint density at radius 1 is 1.16 bits per heavy atom. The summed E-state index contributed by atoms with van der Waals surface area (Å²) in [7, 11) is 0. The van der Waals surface area contributed by atoms with Gasteiger partial charge in [0.15, 0.2) is 11.5 Å². The largest absolute Gasteiger partial charge is 0.454 e. The van der Waals surface area contributed by atoms with Crippen molar-refractivity contribution in [2.75, 3.05) is 6.79 Å². The molecular formula is C18H17ClN2O4. The van der Waals surface area contributed by atoms with Crippen LogP contribution in [0.4, 0.5) is 0 Å². The lowest BCUT2D eigenvalue weighted by Gasteiger charge is -2.14. The molecule has 0 radical (unpaired) electrons. The highest BCUT2D eigenvalue weighted by Crippen LogP contribution is 2.32. The average molecular weight is 361 g/mol. The Kier molecular flexibility index (Phi) is 5.09. The summed E-state index contributed by atoms with van der Waals surface area (Å²) in [4.78, 5) is 24.3. The van der Waals surface area contributed by atoms with E-state index in [1.54, 1.807) is 37.3 Å². The summed E-state index contributed by atoms with van der Waals surface area (Å²) >= 11 is 5.87. The molecule has 3 rings (SSSR count). The molecule has 2 amide bonds. The minimum absolute atomic E-state index is 0.206. The van der Waals surface area contributed by atoms with Gasteiger partial charge in [0.2, 0.25) is 12.7 Å². The van der Waals surface area contributed by atoms with Gasteiger partial charge < -0.3 is 20.1 Å². The third-order valence-electron chi connectivity index (χ3n) is 3.73. The fourth-order valence-electron chi connectivity index (χ4n) is 2.37. The molecule has 0 spiro atoms. The number of carbonyl (C=O) groups is 2. The minimum Gasteiger partial charge on any atom is -0.454 e. The van der Waals surface area contributed by atoms with E-state index in [1.165, 1.54) is 0 Å². The van der Waals surface area contributed by atoms with Crippen molar-refractivity contribution in [2.45, 2.75) is 19.5 Å². The zero-order valence-corrected chi connectivity index (χ0v) is 14.3. The van der Waals surface area contributed by atoms with Crippen LogP contribution in [0.25, 0.3) is 0 Å². The van der Waals surface area contributed by atoms with Crippen LogP contribution in [0.1, 0.15) is 22.8 Å². The van der Waals surface area contributed by atoms with Crippen LogP contribution in [0.3, 0.4) is 0 Å². The summed E-state index contributed by atoms with van der Waals surface area (Å²) in [6.45, 7) is 2.15. The van der Waals surface area contributed by atoms with E-state index < -0.39 is 6.04 Å². The van der Waals surface area contributed by atoms with Gasteiger partial charge in [0.1, 0.15) is 6.04 Å². The van der Waals surface area contributed by atoms with Crippen molar-refractivity contribution in [3.8, 4) is 11.5 Å². The molecule has 0 aromatic heterocycles. The van der Waals surface area contributed by atoms with Gasteiger partial charge in [-0.15, -0.1) is 0 Å². The van der Waals surface area contributed by atoms with Gasteiger partial charge in [-0.2, -0.15) is 0 Å². The summed E-state index contributed by atoms with van der Waals surface area (Å²) in [6, 6.07) is 11.3. The van der Waals surface area contributed by atoms with E-state index in [0.717, 1.165) is 5.56 Å². The van der Waals surface area contributed by atoms with Crippen LogP contribution < -0.4 is 20.1 Å². The predicted molar refractivity (Wildman–Crippen MR) is 92.8 cm³/mol. The van der Waals surface area contributed by atoms with E-state index in [4.69, 9.17) is 21.1 Å². The van der Waals surface area contributed by atoms with E-state index in [0.29, 0.717) is 28.6 Å². The molecule has 1 heterocycles. The molecule has 2 aromatic carbocycles. The number of benzene rings is 2. The second kappa shape index (κ2) is 7.44. The molecule has 0 saturated carbocycles. The molecule has 7 heteroatoms. The Balaban J connectivity index is 1.53. The number of carbonyl (C=O) groups excluding carboxylic acids is 2. The maximum Gasteiger partial charge on any atom is 0.251 e. The SMILES string of the molecule is C[C@@H](NC(=O)c1cccc(Cl)c1)C(=O)NCc1ccc2c(c1)OCO2. The van der Waals surface area contributed by atoms with E-state index in [-0.39, 0.29) is 18.6 Å². The Hall–Kier alpha value is -2.73.